The maximum atomic E-state index is 12.0. The Kier molecular flexibility index (Phi) is 4.37. The van der Waals surface area contributed by atoms with Crippen molar-refractivity contribution in [1.82, 2.24) is 4.72 Å². The molecular formula is C13H19NO3S. The molecule has 2 rings (SSSR count). The van der Waals surface area contributed by atoms with Crippen molar-refractivity contribution >= 4 is 10.0 Å². The normalized spacial score (nSPS) is 24.9. The number of sulfonamides is 1. The van der Waals surface area contributed by atoms with Crippen LogP contribution in [0.4, 0.5) is 0 Å². The maximum absolute atomic E-state index is 12.0. The van der Waals surface area contributed by atoms with E-state index in [4.69, 9.17) is 0 Å². The van der Waals surface area contributed by atoms with Crippen molar-refractivity contribution in [1.29, 1.82) is 0 Å². The summed E-state index contributed by atoms with van der Waals surface area (Å²) < 4.78 is 26.6. The van der Waals surface area contributed by atoms with Gasteiger partial charge in [-0.1, -0.05) is 43.2 Å². The molecule has 0 unspecified atom stereocenters. The Morgan fingerprint density at radius 2 is 1.83 bits per heavy atom. The molecule has 0 spiro atoms. The zero-order chi connectivity index (χ0) is 13.0. The second-order valence-electron chi connectivity index (χ2n) is 4.82. The fourth-order valence-electron chi connectivity index (χ4n) is 2.31. The van der Waals surface area contributed by atoms with Crippen LogP contribution in [0.15, 0.2) is 30.3 Å². The van der Waals surface area contributed by atoms with Crippen LogP contribution in [-0.4, -0.2) is 25.7 Å². The summed E-state index contributed by atoms with van der Waals surface area (Å²) >= 11 is 0. The molecule has 0 saturated heterocycles. The molecule has 1 aliphatic rings. The molecule has 0 heterocycles. The second-order valence-corrected chi connectivity index (χ2v) is 6.57. The van der Waals surface area contributed by atoms with Crippen molar-refractivity contribution in [3.05, 3.63) is 35.9 Å². The molecule has 0 amide bonds. The van der Waals surface area contributed by atoms with E-state index >= 15 is 0 Å². The maximum Gasteiger partial charge on any atom is 0.216 e. The Hall–Kier alpha value is -0.910. The lowest BCUT2D eigenvalue weighted by molar-refractivity contribution is 0.101. The van der Waals surface area contributed by atoms with Crippen LogP contribution in [-0.2, 0) is 15.8 Å². The summed E-state index contributed by atoms with van der Waals surface area (Å²) in [5.74, 6) is -0.0307. The van der Waals surface area contributed by atoms with E-state index in [9.17, 15) is 13.5 Å². The van der Waals surface area contributed by atoms with E-state index in [0.29, 0.717) is 6.42 Å². The number of aliphatic hydroxyl groups excluding tert-OH is 1. The molecular weight excluding hydrogens is 250 g/mol. The minimum absolute atomic E-state index is 0.0307. The van der Waals surface area contributed by atoms with E-state index in [1.807, 2.05) is 18.2 Å². The summed E-state index contributed by atoms with van der Waals surface area (Å²) in [6.45, 7) is 0. The van der Waals surface area contributed by atoms with Crippen molar-refractivity contribution in [2.45, 2.75) is 43.6 Å². The average molecular weight is 269 g/mol. The fraction of sp³-hybridized carbons (Fsp3) is 0.538. The third-order valence-corrected chi connectivity index (χ3v) is 4.64. The number of rotatable bonds is 4. The van der Waals surface area contributed by atoms with E-state index in [0.717, 1.165) is 24.8 Å². The van der Waals surface area contributed by atoms with Gasteiger partial charge in [-0.05, 0) is 18.4 Å². The van der Waals surface area contributed by atoms with Crippen LogP contribution in [0.2, 0.25) is 0 Å². The monoisotopic (exact) mass is 269 g/mol. The molecule has 0 bridgehead atoms. The summed E-state index contributed by atoms with van der Waals surface area (Å²) in [5, 5.41) is 9.77. The highest BCUT2D eigenvalue weighted by Crippen LogP contribution is 2.19. The third-order valence-electron chi connectivity index (χ3n) is 3.26. The predicted molar refractivity (Wildman–Crippen MR) is 70.5 cm³/mol. The fourth-order valence-corrected chi connectivity index (χ4v) is 3.77. The van der Waals surface area contributed by atoms with E-state index in [1.165, 1.54) is 0 Å². The molecule has 100 valence electrons. The SMILES string of the molecule is O=S(=O)(Cc1ccccc1)N[C@@H]1CCCC[C@H]1O. The first-order valence-corrected chi connectivity index (χ1v) is 7.94. The standard InChI is InChI=1S/C13H19NO3S/c15-13-9-5-4-8-12(13)14-18(16,17)10-11-6-2-1-3-7-11/h1-3,6-7,12-15H,4-5,8-10H2/t12-,13-/m1/s1. The van der Waals surface area contributed by atoms with Crippen molar-refractivity contribution in [3.63, 3.8) is 0 Å². The van der Waals surface area contributed by atoms with Gasteiger partial charge in [-0.3, -0.25) is 0 Å². The van der Waals surface area contributed by atoms with Crippen LogP contribution in [0.5, 0.6) is 0 Å². The lowest BCUT2D eigenvalue weighted by atomic mass is 9.93. The van der Waals surface area contributed by atoms with Crippen molar-refractivity contribution < 1.29 is 13.5 Å². The quantitative estimate of drug-likeness (QED) is 0.868. The van der Waals surface area contributed by atoms with Crippen LogP contribution in [0.25, 0.3) is 0 Å². The zero-order valence-electron chi connectivity index (χ0n) is 10.2. The van der Waals surface area contributed by atoms with Gasteiger partial charge < -0.3 is 5.11 Å². The van der Waals surface area contributed by atoms with Crippen LogP contribution in [0.3, 0.4) is 0 Å². The Morgan fingerprint density at radius 1 is 1.17 bits per heavy atom. The minimum Gasteiger partial charge on any atom is -0.391 e. The van der Waals surface area contributed by atoms with E-state index in [1.54, 1.807) is 12.1 Å². The summed E-state index contributed by atoms with van der Waals surface area (Å²) in [5.41, 5.74) is 0.760. The molecule has 1 aromatic carbocycles. The highest BCUT2D eigenvalue weighted by Gasteiger charge is 2.27. The first-order valence-electron chi connectivity index (χ1n) is 6.29. The molecule has 4 nitrogen and oxygen atoms in total. The van der Waals surface area contributed by atoms with E-state index in [2.05, 4.69) is 4.72 Å². The summed E-state index contributed by atoms with van der Waals surface area (Å²) in [4.78, 5) is 0. The van der Waals surface area contributed by atoms with Crippen LogP contribution < -0.4 is 4.72 Å². The van der Waals surface area contributed by atoms with Gasteiger partial charge in [-0.25, -0.2) is 13.1 Å². The summed E-state index contributed by atoms with van der Waals surface area (Å²) in [7, 11) is -3.38. The van der Waals surface area contributed by atoms with Gasteiger partial charge in [0.25, 0.3) is 0 Å². The molecule has 5 heteroatoms. The first kappa shape index (κ1) is 13.5. The molecule has 1 saturated carbocycles. The van der Waals surface area contributed by atoms with Crippen molar-refractivity contribution in [2.75, 3.05) is 0 Å². The Balaban J connectivity index is 1.99. The van der Waals surface area contributed by atoms with Gasteiger partial charge >= 0.3 is 0 Å². The van der Waals surface area contributed by atoms with Gasteiger partial charge in [0.1, 0.15) is 0 Å². The molecule has 1 aliphatic carbocycles. The van der Waals surface area contributed by atoms with Crippen LogP contribution in [0.1, 0.15) is 31.2 Å². The zero-order valence-corrected chi connectivity index (χ0v) is 11.1. The molecule has 1 fully saturated rings. The van der Waals surface area contributed by atoms with Gasteiger partial charge in [0.05, 0.1) is 11.9 Å². The third kappa shape index (κ3) is 3.80. The topological polar surface area (TPSA) is 66.4 Å². The number of hydrogen-bond donors (Lipinski definition) is 2. The van der Waals surface area contributed by atoms with Crippen molar-refractivity contribution in [2.24, 2.45) is 0 Å². The van der Waals surface area contributed by atoms with Crippen molar-refractivity contribution in [3.8, 4) is 0 Å². The molecule has 1 aromatic rings. The van der Waals surface area contributed by atoms with Gasteiger partial charge in [-0.2, -0.15) is 0 Å². The average Bonchev–Trinajstić information content (AvgIpc) is 2.32. The molecule has 2 atom stereocenters. The van der Waals surface area contributed by atoms with E-state index in [-0.39, 0.29) is 11.8 Å². The highest BCUT2D eigenvalue weighted by molar-refractivity contribution is 7.88. The van der Waals surface area contributed by atoms with E-state index < -0.39 is 16.1 Å². The first-order chi connectivity index (χ1) is 8.57. The van der Waals surface area contributed by atoms with Gasteiger partial charge in [0, 0.05) is 6.04 Å². The Morgan fingerprint density at radius 3 is 2.50 bits per heavy atom. The largest absolute Gasteiger partial charge is 0.391 e. The highest BCUT2D eigenvalue weighted by atomic mass is 32.2. The van der Waals surface area contributed by atoms with Gasteiger partial charge in [0.2, 0.25) is 10.0 Å². The van der Waals surface area contributed by atoms with Gasteiger partial charge in [-0.15, -0.1) is 0 Å². The lowest BCUT2D eigenvalue weighted by Gasteiger charge is -2.28. The number of benzene rings is 1. The summed E-state index contributed by atoms with van der Waals surface area (Å²) in [6, 6.07) is 8.75. The van der Waals surface area contributed by atoms with Crippen LogP contribution >= 0.6 is 0 Å². The number of hydrogen-bond acceptors (Lipinski definition) is 3. The minimum atomic E-state index is -3.38. The molecule has 0 aliphatic heterocycles. The molecule has 0 radical (unpaired) electrons. The lowest BCUT2D eigenvalue weighted by Crippen LogP contribution is -2.45. The van der Waals surface area contributed by atoms with Crippen LogP contribution in [0, 0.1) is 0 Å². The smallest absolute Gasteiger partial charge is 0.216 e. The number of nitrogens with one attached hydrogen (secondary N) is 1. The Bertz CT molecular complexity index is 472. The molecule has 0 aromatic heterocycles. The second kappa shape index (κ2) is 5.82. The predicted octanol–water partition coefficient (Wildman–Crippen LogP) is 1.41. The van der Waals surface area contributed by atoms with Gasteiger partial charge in [0.15, 0.2) is 0 Å². The molecule has 18 heavy (non-hydrogen) atoms. The number of aliphatic hydroxyl groups is 1. The molecule has 2 N–H and O–H groups in total. The summed E-state index contributed by atoms with van der Waals surface area (Å²) in [6.07, 6.45) is 2.78. The Labute approximate surface area is 108 Å².